The van der Waals surface area contributed by atoms with Crippen LogP contribution in [0.4, 0.5) is 0 Å². The summed E-state index contributed by atoms with van der Waals surface area (Å²) < 4.78 is 0. The maximum absolute atomic E-state index is 12.8. The summed E-state index contributed by atoms with van der Waals surface area (Å²) in [6, 6.07) is 5.30. The van der Waals surface area contributed by atoms with Crippen LogP contribution < -0.4 is 5.73 Å². The van der Waals surface area contributed by atoms with Crippen LogP contribution in [-0.2, 0) is 9.59 Å². The maximum atomic E-state index is 12.8. The Balaban J connectivity index is 1.42. The quantitative estimate of drug-likeness (QED) is 0.803. The van der Waals surface area contributed by atoms with Gasteiger partial charge < -0.3 is 15.5 Å². The molecule has 0 aliphatic carbocycles. The molecule has 0 atom stereocenters. The van der Waals surface area contributed by atoms with Crippen LogP contribution in [0.5, 0.6) is 0 Å². The molecule has 27 heavy (non-hydrogen) atoms. The van der Waals surface area contributed by atoms with Gasteiger partial charge in [0.05, 0.1) is 6.54 Å². The van der Waals surface area contributed by atoms with Gasteiger partial charge in [-0.05, 0) is 42.9 Å². The van der Waals surface area contributed by atoms with Crippen LogP contribution in [0.1, 0.15) is 36.0 Å². The van der Waals surface area contributed by atoms with E-state index < -0.39 is 5.91 Å². The van der Waals surface area contributed by atoms with E-state index in [1.807, 2.05) is 4.90 Å². The SMILES string of the molecule is NC(=O)CN1CC2(CCC1=O)CCN(C(=O)c1ccc3n[nH]nc3c1)CC2. The zero-order valence-corrected chi connectivity index (χ0v) is 15.0. The number of aromatic amines is 1. The van der Waals surface area contributed by atoms with Gasteiger partial charge in [-0.1, -0.05) is 0 Å². The van der Waals surface area contributed by atoms with Gasteiger partial charge in [0.1, 0.15) is 11.0 Å². The predicted octanol–water partition coefficient (Wildman–Crippen LogP) is 0.288. The highest BCUT2D eigenvalue weighted by Gasteiger charge is 2.42. The molecule has 2 fully saturated rings. The van der Waals surface area contributed by atoms with Gasteiger partial charge in [0.25, 0.3) is 5.91 Å². The van der Waals surface area contributed by atoms with Crippen LogP contribution in [0.2, 0.25) is 0 Å². The van der Waals surface area contributed by atoms with E-state index in [-0.39, 0.29) is 23.8 Å². The molecule has 2 saturated heterocycles. The molecule has 0 saturated carbocycles. The van der Waals surface area contributed by atoms with E-state index in [0.29, 0.717) is 37.1 Å². The van der Waals surface area contributed by atoms with E-state index >= 15 is 0 Å². The molecule has 0 radical (unpaired) electrons. The van der Waals surface area contributed by atoms with Gasteiger partial charge in [-0.3, -0.25) is 14.4 Å². The molecule has 9 heteroatoms. The Labute approximate surface area is 155 Å². The second-order valence-corrected chi connectivity index (χ2v) is 7.54. The molecule has 3 amide bonds. The van der Waals surface area contributed by atoms with E-state index in [0.717, 1.165) is 24.8 Å². The van der Waals surface area contributed by atoms with Crippen LogP contribution >= 0.6 is 0 Å². The van der Waals surface area contributed by atoms with Crippen LogP contribution in [0.15, 0.2) is 18.2 Å². The zero-order chi connectivity index (χ0) is 19.0. The molecule has 0 unspecified atom stereocenters. The number of nitrogens with two attached hydrogens (primary N) is 1. The number of aromatic nitrogens is 3. The Morgan fingerprint density at radius 3 is 2.63 bits per heavy atom. The van der Waals surface area contributed by atoms with Gasteiger partial charge in [-0.15, -0.1) is 0 Å². The first-order chi connectivity index (χ1) is 13.0. The summed E-state index contributed by atoms with van der Waals surface area (Å²) in [6.07, 6.45) is 2.86. The van der Waals surface area contributed by atoms with Crippen molar-refractivity contribution in [3.05, 3.63) is 23.8 Å². The number of H-pyrrole nitrogens is 1. The third kappa shape index (κ3) is 3.36. The van der Waals surface area contributed by atoms with Gasteiger partial charge in [0.2, 0.25) is 11.8 Å². The third-order valence-electron chi connectivity index (χ3n) is 5.77. The average molecular weight is 370 g/mol. The number of carbonyl (C=O) groups excluding carboxylic acids is 3. The standard InChI is InChI=1S/C18H22N6O3/c19-15(25)10-24-11-18(4-3-16(24)26)5-7-23(8-6-18)17(27)12-1-2-13-14(9-12)21-22-20-13/h1-2,9H,3-8,10-11H2,(H2,19,25)(H,20,21,22). The number of piperidine rings is 2. The summed E-state index contributed by atoms with van der Waals surface area (Å²) in [5, 5.41) is 10.6. The van der Waals surface area contributed by atoms with Gasteiger partial charge >= 0.3 is 0 Å². The Kier molecular flexibility index (Phi) is 4.29. The fourth-order valence-electron chi connectivity index (χ4n) is 4.18. The Morgan fingerprint density at radius 2 is 1.89 bits per heavy atom. The molecule has 2 aliphatic heterocycles. The number of hydrogen-bond donors (Lipinski definition) is 2. The highest BCUT2D eigenvalue weighted by atomic mass is 16.2. The molecular formula is C18H22N6O3. The van der Waals surface area contributed by atoms with Crippen molar-refractivity contribution in [2.45, 2.75) is 25.7 Å². The number of likely N-dealkylation sites (tertiary alicyclic amines) is 2. The fraction of sp³-hybridized carbons (Fsp3) is 0.500. The summed E-state index contributed by atoms with van der Waals surface area (Å²) >= 11 is 0. The van der Waals surface area contributed by atoms with Crippen LogP contribution in [0.25, 0.3) is 11.0 Å². The largest absolute Gasteiger partial charge is 0.368 e. The molecule has 1 spiro atoms. The Bertz CT molecular complexity index is 899. The Hall–Kier alpha value is -2.97. The van der Waals surface area contributed by atoms with Crippen molar-refractivity contribution >= 4 is 28.8 Å². The monoisotopic (exact) mass is 370 g/mol. The van der Waals surface area contributed by atoms with E-state index in [9.17, 15) is 14.4 Å². The second kappa shape index (κ2) is 6.64. The predicted molar refractivity (Wildman–Crippen MR) is 96.5 cm³/mol. The third-order valence-corrected chi connectivity index (χ3v) is 5.77. The summed E-state index contributed by atoms with van der Waals surface area (Å²) in [7, 11) is 0. The molecule has 3 N–H and O–H groups in total. The molecular weight excluding hydrogens is 348 g/mol. The lowest BCUT2D eigenvalue weighted by molar-refractivity contribution is -0.142. The van der Waals surface area contributed by atoms with Crippen molar-refractivity contribution in [2.75, 3.05) is 26.2 Å². The number of benzene rings is 1. The smallest absolute Gasteiger partial charge is 0.253 e. The van der Waals surface area contributed by atoms with E-state index in [1.54, 1.807) is 23.1 Å². The van der Waals surface area contributed by atoms with Crippen molar-refractivity contribution in [2.24, 2.45) is 11.1 Å². The zero-order valence-electron chi connectivity index (χ0n) is 15.0. The number of hydrogen-bond acceptors (Lipinski definition) is 5. The molecule has 2 aromatic rings. The number of carbonyl (C=O) groups is 3. The van der Waals surface area contributed by atoms with Crippen molar-refractivity contribution < 1.29 is 14.4 Å². The Morgan fingerprint density at radius 1 is 1.15 bits per heavy atom. The molecule has 142 valence electrons. The van der Waals surface area contributed by atoms with Gasteiger partial charge in [0.15, 0.2) is 0 Å². The number of amides is 3. The number of rotatable bonds is 3. The van der Waals surface area contributed by atoms with Crippen molar-refractivity contribution in [1.29, 1.82) is 0 Å². The minimum Gasteiger partial charge on any atom is -0.368 e. The van der Waals surface area contributed by atoms with Gasteiger partial charge in [0, 0.05) is 31.6 Å². The van der Waals surface area contributed by atoms with E-state index in [2.05, 4.69) is 15.4 Å². The highest BCUT2D eigenvalue weighted by Crippen LogP contribution is 2.40. The minimum atomic E-state index is -0.490. The number of nitrogens with zero attached hydrogens (tertiary/aromatic N) is 4. The second-order valence-electron chi connectivity index (χ2n) is 7.54. The maximum Gasteiger partial charge on any atom is 0.253 e. The normalized spacial score (nSPS) is 19.6. The molecule has 9 nitrogen and oxygen atoms in total. The molecule has 0 bridgehead atoms. The van der Waals surface area contributed by atoms with Crippen LogP contribution in [0, 0.1) is 5.41 Å². The average Bonchev–Trinajstić information content (AvgIpc) is 3.12. The van der Waals surface area contributed by atoms with Crippen molar-refractivity contribution in [3.63, 3.8) is 0 Å². The minimum absolute atomic E-state index is 0.0150. The van der Waals surface area contributed by atoms with Gasteiger partial charge in [-0.2, -0.15) is 15.4 Å². The summed E-state index contributed by atoms with van der Waals surface area (Å²) in [6.45, 7) is 1.78. The molecule has 1 aromatic carbocycles. The summed E-state index contributed by atoms with van der Waals surface area (Å²) in [5.41, 5.74) is 7.23. The summed E-state index contributed by atoms with van der Waals surface area (Å²) in [5.74, 6) is -0.522. The van der Waals surface area contributed by atoms with Crippen LogP contribution in [-0.4, -0.2) is 69.1 Å². The van der Waals surface area contributed by atoms with Crippen LogP contribution in [0.3, 0.4) is 0 Å². The molecule has 4 rings (SSSR count). The van der Waals surface area contributed by atoms with E-state index in [4.69, 9.17) is 5.73 Å². The highest BCUT2D eigenvalue weighted by molar-refractivity contribution is 5.97. The first-order valence-corrected chi connectivity index (χ1v) is 9.12. The fourth-order valence-corrected chi connectivity index (χ4v) is 4.18. The van der Waals surface area contributed by atoms with Crippen molar-refractivity contribution in [1.82, 2.24) is 25.2 Å². The van der Waals surface area contributed by atoms with Crippen molar-refractivity contribution in [3.8, 4) is 0 Å². The first kappa shape index (κ1) is 17.4. The summed E-state index contributed by atoms with van der Waals surface area (Å²) in [4.78, 5) is 39.5. The topological polar surface area (TPSA) is 125 Å². The number of fused-ring (bicyclic) bond motifs is 1. The molecule has 1 aromatic heterocycles. The molecule has 2 aliphatic rings. The first-order valence-electron chi connectivity index (χ1n) is 9.12. The lowest BCUT2D eigenvalue weighted by Gasteiger charge is -2.47. The lowest BCUT2D eigenvalue weighted by atomic mass is 9.72. The molecule has 3 heterocycles. The van der Waals surface area contributed by atoms with E-state index in [1.165, 1.54) is 0 Å². The number of nitrogens with one attached hydrogen (secondary N) is 1. The van der Waals surface area contributed by atoms with Gasteiger partial charge in [-0.25, -0.2) is 0 Å². The number of primary amides is 1. The lowest BCUT2D eigenvalue weighted by Crippen LogP contribution is -2.53.